The first-order chi connectivity index (χ1) is 7.00. The Morgan fingerprint density at radius 3 is 2.80 bits per heavy atom. The minimum Gasteiger partial charge on any atom is -0.491 e. The predicted octanol–water partition coefficient (Wildman–Crippen LogP) is 1.16. The highest BCUT2D eigenvalue weighted by Crippen LogP contribution is 2.22. The van der Waals surface area contributed by atoms with Crippen LogP contribution in [0.1, 0.15) is 17.3 Å². The molecule has 0 heterocycles. The number of carbonyl (C=O) groups excluding carboxylic acids is 1. The molecule has 1 aromatic carbocycles. The Morgan fingerprint density at radius 2 is 2.27 bits per heavy atom. The molecule has 0 radical (unpaired) electrons. The normalized spacial score (nSPS) is 12.2. The average Bonchev–Trinajstić information content (AvgIpc) is 2.15. The third-order valence-electron chi connectivity index (χ3n) is 1.71. The summed E-state index contributed by atoms with van der Waals surface area (Å²) in [5.74, 6) is -0.165. The first-order valence-electron chi connectivity index (χ1n) is 4.48. The van der Waals surface area contributed by atoms with E-state index in [1.807, 2.05) is 0 Å². The summed E-state index contributed by atoms with van der Waals surface area (Å²) in [7, 11) is 0. The number of primary amides is 1. The number of benzene rings is 1. The van der Waals surface area contributed by atoms with Gasteiger partial charge in [0, 0.05) is 11.1 Å². The van der Waals surface area contributed by atoms with Gasteiger partial charge in [-0.05, 0) is 25.1 Å². The lowest BCUT2D eigenvalue weighted by Crippen LogP contribution is -2.24. The summed E-state index contributed by atoms with van der Waals surface area (Å²) < 4.78 is 5.33. The van der Waals surface area contributed by atoms with Crippen molar-refractivity contribution in [3.63, 3.8) is 0 Å². The van der Waals surface area contributed by atoms with E-state index in [9.17, 15) is 4.79 Å². The van der Waals surface area contributed by atoms with Crippen LogP contribution in [0.15, 0.2) is 18.2 Å². The Morgan fingerprint density at radius 1 is 1.60 bits per heavy atom. The van der Waals surface area contributed by atoms with E-state index < -0.39 is 5.91 Å². The molecule has 0 aliphatic rings. The second-order valence-corrected chi connectivity index (χ2v) is 3.73. The zero-order valence-corrected chi connectivity index (χ0v) is 9.12. The van der Waals surface area contributed by atoms with Crippen molar-refractivity contribution in [2.24, 2.45) is 11.5 Å². The Balaban J connectivity index is 2.91. The Hall–Kier alpha value is -1.26. The number of nitrogens with two attached hydrogens (primary N) is 2. The van der Waals surface area contributed by atoms with Crippen molar-refractivity contribution in [2.45, 2.75) is 13.0 Å². The average molecular weight is 229 g/mol. The standard InChI is InChI=1S/C10H13ClN2O2/c1-6(12)5-15-9-3-2-7(11)4-8(9)10(13)14/h2-4,6H,5,12H2,1H3,(H2,13,14). The van der Waals surface area contributed by atoms with E-state index in [-0.39, 0.29) is 11.6 Å². The van der Waals surface area contributed by atoms with E-state index in [0.717, 1.165) is 0 Å². The number of hydrogen-bond acceptors (Lipinski definition) is 3. The van der Waals surface area contributed by atoms with E-state index >= 15 is 0 Å². The first kappa shape index (κ1) is 11.8. The third-order valence-corrected chi connectivity index (χ3v) is 1.94. The highest BCUT2D eigenvalue weighted by Gasteiger charge is 2.10. The smallest absolute Gasteiger partial charge is 0.252 e. The van der Waals surface area contributed by atoms with Crippen molar-refractivity contribution in [3.05, 3.63) is 28.8 Å². The first-order valence-corrected chi connectivity index (χ1v) is 4.86. The van der Waals surface area contributed by atoms with Gasteiger partial charge in [0.1, 0.15) is 12.4 Å². The number of hydrogen-bond donors (Lipinski definition) is 2. The zero-order valence-electron chi connectivity index (χ0n) is 8.37. The van der Waals surface area contributed by atoms with Crippen LogP contribution in [0.4, 0.5) is 0 Å². The number of carbonyl (C=O) groups is 1. The van der Waals surface area contributed by atoms with Gasteiger partial charge in [-0.25, -0.2) is 0 Å². The monoisotopic (exact) mass is 228 g/mol. The van der Waals surface area contributed by atoms with Crippen LogP contribution in [0, 0.1) is 0 Å². The van der Waals surface area contributed by atoms with Crippen molar-refractivity contribution in [3.8, 4) is 5.75 Å². The predicted molar refractivity (Wildman–Crippen MR) is 59.1 cm³/mol. The number of halogens is 1. The maximum atomic E-state index is 11.1. The van der Waals surface area contributed by atoms with Crippen LogP contribution in [0.5, 0.6) is 5.75 Å². The Bertz CT molecular complexity index is 366. The summed E-state index contributed by atoms with van der Waals surface area (Å²) in [6.07, 6.45) is 0. The van der Waals surface area contributed by atoms with Crippen molar-refractivity contribution >= 4 is 17.5 Å². The molecule has 4 nitrogen and oxygen atoms in total. The fourth-order valence-corrected chi connectivity index (χ4v) is 1.21. The van der Waals surface area contributed by atoms with E-state index in [0.29, 0.717) is 17.4 Å². The van der Waals surface area contributed by atoms with Gasteiger partial charge in [0.05, 0.1) is 5.56 Å². The second-order valence-electron chi connectivity index (χ2n) is 3.29. The van der Waals surface area contributed by atoms with Crippen molar-refractivity contribution in [1.29, 1.82) is 0 Å². The zero-order chi connectivity index (χ0) is 11.4. The summed E-state index contributed by atoms with van der Waals surface area (Å²) in [5, 5.41) is 0.442. The Labute approximate surface area is 93.1 Å². The van der Waals surface area contributed by atoms with Gasteiger partial charge < -0.3 is 16.2 Å². The van der Waals surface area contributed by atoms with Gasteiger partial charge >= 0.3 is 0 Å². The molecule has 0 saturated heterocycles. The minimum absolute atomic E-state index is 0.110. The molecule has 0 aliphatic carbocycles. The van der Waals surface area contributed by atoms with Crippen LogP contribution in [0.3, 0.4) is 0 Å². The molecule has 5 heteroatoms. The molecular formula is C10H13ClN2O2. The molecule has 0 bridgehead atoms. The largest absolute Gasteiger partial charge is 0.491 e. The summed E-state index contributed by atoms with van der Waals surface area (Å²) in [5.41, 5.74) is 11.0. The lowest BCUT2D eigenvalue weighted by Gasteiger charge is -2.11. The molecule has 1 rings (SSSR count). The fourth-order valence-electron chi connectivity index (χ4n) is 1.04. The number of rotatable bonds is 4. The van der Waals surface area contributed by atoms with Gasteiger partial charge in [0.15, 0.2) is 0 Å². The van der Waals surface area contributed by atoms with Gasteiger partial charge in [-0.2, -0.15) is 0 Å². The van der Waals surface area contributed by atoms with Gasteiger partial charge in [0.25, 0.3) is 5.91 Å². The van der Waals surface area contributed by atoms with Crippen LogP contribution < -0.4 is 16.2 Å². The van der Waals surface area contributed by atoms with Gasteiger partial charge in [-0.1, -0.05) is 11.6 Å². The van der Waals surface area contributed by atoms with E-state index in [1.54, 1.807) is 19.1 Å². The van der Waals surface area contributed by atoms with E-state index in [1.165, 1.54) is 6.07 Å². The van der Waals surface area contributed by atoms with Gasteiger partial charge in [-0.3, -0.25) is 4.79 Å². The number of amides is 1. The topological polar surface area (TPSA) is 78.3 Å². The molecule has 82 valence electrons. The van der Waals surface area contributed by atoms with Crippen molar-refractivity contribution < 1.29 is 9.53 Å². The summed E-state index contributed by atoms with van der Waals surface area (Å²) in [6, 6.07) is 4.59. The fraction of sp³-hybridized carbons (Fsp3) is 0.300. The van der Waals surface area contributed by atoms with Crippen LogP contribution in [-0.2, 0) is 0 Å². The highest BCUT2D eigenvalue weighted by molar-refractivity contribution is 6.31. The lowest BCUT2D eigenvalue weighted by atomic mass is 10.2. The second kappa shape index (κ2) is 5.00. The SMILES string of the molecule is CC(N)COc1ccc(Cl)cc1C(N)=O. The lowest BCUT2D eigenvalue weighted by molar-refractivity contribution is 0.0996. The molecule has 0 aliphatic heterocycles. The molecule has 0 aromatic heterocycles. The summed E-state index contributed by atoms with van der Waals surface area (Å²) in [4.78, 5) is 11.1. The molecule has 1 unspecified atom stereocenters. The molecule has 15 heavy (non-hydrogen) atoms. The Kier molecular flexibility index (Phi) is 3.94. The highest BCUT2D eigenvalue weighted by atomic mass is 35.5. The molecular weight excluding hydrogens is 216 g/mol. The summed E-state index contributed by atoms with van der Waals surface area (Å²) >= 11 is 5.74. The molecule has 0 fully saturated rings. The summed E-state index contributed by atoms with van der Waals surface area (Å²) in [6.45, 7) is 2.13. The molecule has 1 atom stereocenters. The molecule has 0 saturated carbocycles. The van der Waals surface area contributed by atoms with Gasteiger partial charge in [-0.15, -0.1) is 0 Å². The maximum absolute atomic E-state index is 11.1. The van der Waals surface area contributed by atoms with Crippen molar-refractivity contribution in [1.82, 2.24) is 0 Å². The molecule has 4 N–H and O–H groups in total. The quantitative estimate of drug-likeness (QED) is 0.812. The molecule has 1 amide bonds. The van der Waals surface area contributed by atoms with Crippen LogP contribution >= 0.6 is 11.6 Å². The van der Waals surface area contributed by atoms with Crippen LogP contribution in [0.2, 0.25) is 5.02 Å². The van der Waals surface area contributed by atoms with Crippen LogP contribution in [0.25, 0.3) is 0 Å². The van der Waals surface area contributed by atoms with Gasteiger partial charge in [0.2, 0.25) is 0 Å². The maximum Gasteiger partial charge on any atom is 0.252 e. The molecule has 0 spiro atoms. The number of ether oxygens (including phenoxy) is 1. The minimum atomic E-state index is -0.572. The van der Waals surface area contributed by atoms with Crippen molar-refractivity contribution in [2.75, 3.05) is 6.61 Å². The van der Waals surface area contributed by atoms with E-state index in [4.69, 9.17) is 27.8 Å². The van der Waals surface area contributed by atoms with Crippen LogP contribution in [-0.4, -0.2) is 18.6 Å². The molecule has 1 aromatic rings. The third kappa shape index (κ3) is 3.42. The van der Waals surface area contributed by atoms with E-state index in [2.05, 4.69) is 0 Å².